The molecule has 248 valence electrons. The number of fused-ring (bicyclic) bond motifs is 1. The van der Waals surface area contributed by atoms with Crippen LogP contribution in [0, 0.1) is 0 Å². The van der Waals surface area contributed by atoms with Gasteiger partial charge in [0.2, 0.25) is 0 Å². The number of benzene rings is 3. The molecule has 3 aromatic carbocycles. The Morgan fingerprint density at radius 3 is 2.37 bits per heavy atom. The van der Waals surface area contributed by atoms with Crippen LogP contribution in [0.4, 0.5) is 0 Å². The number of hydrogen-bond acceptors (Lipinski definition) is 1. The maximum absolute atomic E-state index is 5.39. The van der Waals surface area contributed by atoms with Gasteiger partial charge in [0, 0.05) is 22.3 Å². The molecule has 1 saturated carbocycles. The zero-order valence-corrected chi connectivity index (χ0v) is 29.4. The summed E-state index contributed by atoms with van der Waals surface area (Å²) in [5.41, 5.74) is 10.3. The molecule has 0 bridgehead atoms. The highest BCUT2D eigenvalue weighted by atomic mass is 14.9. The highest BCUT2D eigenvalue weighted by molar-refractivity contribution is 6.16. The van der Waals surface area contributed by atoms with Gasteiger partial charge >= 0.3 is 0 Å². The van der Waals surface area contributed by atoms with Gasteiger partial charge in [0.15, 0.2) is 5.84 Å². The molecule has 0 amide bonds. The second kappa shape index (κ2) is 15.3. The molecule has 49 heavy (non-hydrogen) atoms. The fourth-order valence-electron chi connectivity index (χ4n) is 8.11. The van der Waals surface area contributed by atoms with Gasteiger partial charge < -0.3 is 0 Å². The van der Waals surface area contributed by atoms with Gasteiger partial charge in [-0.05, 0) is 104 Å². The average Bonchev–Trinajstić information content (AvgIpc) is 3.60. The molecule has 1 atom stereocenters. The van der Waals surface area contributed by atoms with Crippen LogP contribution in [0.1, 0.15) is 101 Å². The van der Waals surface area contributed by atoms with Crippen LogP contribution in [-0.4, -0.2) is 17.6 Å². The molecular formula is C47H50N2. The highest BCUT2D eigenvalue weighted by Gasteiger charge is 2.36. The topological polar surface area (TPSA) is 24.7 Å². The van der Waals surface area contributed by atoms with Crippen LogP contribution in [0.2, 0.25) is 0 Å². The quantitative estimate of drug-likeness (QED) is 0.181. The Balaban J connectivity index is 1.21. The summed E-state index contributed by atoms with van der Waals surface area (Å²) < 4.78 is 0. The van der Waals surface area contributed by atoms with E-state index >= 15 is 0 Å². The average molecular weight is 643 g/mol. The number of allylic oxidation sites excluding steroid dienone is 11. The van der Waals surface area contributed by atoms with E-state index in [-0.39, 0.29) is 11.5 Å². The van der Waals surface area contributed by atoms with Crippen LogP contribution in [0.5, 0.6) is 0 Å². The van der Waals surface area contributed by atoms with Gasteiger partial charge in [-0.25, -0.2) is 4.99 Å². The Morgan fingerprint density at radius 2 is 1.53 bits per heavy atom. The molecule has 1 unspecified atom stereocenters. The molecule has 0 aromatic heterocycles. The molecule has 1 fully saturated rings. The first-order valence-electron chi connectivity index (χ1n) is 18.6. The molecule has 0 spiro atoms. The van der Waals surface area contributed by atoms with Crippen molar-refractivity contribution < 1.29 is 0 Å². The van der Waals surface area contributed by atoms with Crippen LogP contribution >= 0.6 is 0 Å². The molecule has 0 saturated heterocycles. The fraction of sp³-hybridized carbons (Fsp3) is 0.319. The van der Waals surface area contributed by atoms with Crippen molar-refractivity contribution in [2.24, 2.45) is 9.98 Å². The van der Waals surface area contributed by atoms with E-state index in [1.165, 1.54) is 76.3 Å². The maximum Gasteiger partial charge on any atom is 0.155 e. The Morgan fingerprint density at radius 1 is 0.714 bits per heavy atom. The molecule has 0 heterocycles. The lowest BCUT2D eigenvalue weighted by Gasteiger charge is -2.39. The van der Waals surface area contributed by atoms with Crippen molar-refractivity contribution in [1.29, 1.82) is 0 Å². The smallest absolute Gasteiger partial charge is 0.155 e. The van der Waals surface area contributed by atoms with Gasteiger partial charge in [0.25, 0.3) is 0 Å². The standard InChI is InChI=1S/C47H50N2/c1-35(48-46(41-20-7-3-4-8-21-41)49-36(2)44-26-16-23-40-19-11-12-25-45(40)44)37-22-15-24-42(30-27-37)47(33-13-6-14-34-47)43-31-28-39(29-32-43)38-17-9-5-10-18-38/h7,9,11-12,15-21,23-32,35H,3-6,8,10,13-14,22,33-34H2,1-2H3/b48-46-,49-36+. The summed E-state index contributed by atoms with van der Waals surface area (Å²) in [5.74, 6) is 0.834. The summed E-state index contributed by atoms with van der Waals surface area (Å²) in [7, 11) is 0. The summed E-state index contributed by atoms with van der Waals surface area (Å²) in [6.07, 6.45) is 36.2. The molecule has 2 nitrogen and oxygen atoms in total. The summed E-state index contributed by atoms with van der Waals surface area (Å²) >= 11 is 0. The monoisotopic (exact) mass is 642 g/mol. The first-order chi connectivity index (χ1) is 24.1. The summed E-state index contributed by atoms with van der Waals surface area (Å²) in [6.45, 7) is 4.37. The molecule has 0 aliphatic heterocycles. The summed E-state index contributed by atoms with van der Waals surface area (Å²) in [5, 5.41) is 2.46. The van der Waals surface area contributed by atoms with Crippen molar-refractivity contribution >= 4 is 27.9 Å². The normalized spacial score (nSPS) is 20.5. The Hall–Kier alpha value is -4.56. The second-order valence-electron chi connectivity index (χ2n) is 14.2. The molecule has 4 aliphatic rings. The van der Waals surface area contributed by atoms with Gasteiger partial charge in [-0.15, -0.1) is 0 Å². The van der Waals surface area contributed by atoms with Gasteiger partial charge in [-0.3, -0.25) is 4.99 Å². The molecular weight excluding hydrogens is 593 g/mol. The Labute approximate surface area is 293 Å². The second-order valence-corrected chi connectivity index (χ2v) is 14.2. The molecule has 0 N–H and O–H groups in total. The van der Waals surface area contributed by atoms with Gasteiger partial charge in [0.05, 0.1) is 6.04 Å². The van der Waals surface area contributed by atoms with E-state index in [9.17, 15) is 0 Å². The third-order valence-electron chi connectivity index (χ3n) is 11.0. The Bertz CT molecular complexity index is 1940. The van der Waals surface area contributed by atoms with Gasteiger partial charge in [0.1, 0.15) is 0 Å². The Kier molecular flexibility index (Phi) is 10.3. The van der Waals surface area contributed by atoms with Crippen molar-refractivity contribution in [3.05, 3.63) is 161 Å². The summed E-state index contributed by atoms with van der Waals surface area (Å²) in [6, 6.07) is 24.6. The van der Waals surface area contributed by atoms with E-state index in [1.807, 2.05) is 0 Å². The van der Waals surface area contributed by atoms with E-state index in [0.717, 1.165) is 55.6 Å². The lowest BCUT2D eigenvalue weighted by atomic mass is 9.64. The molecule has 0 radical (unpaired) electrons. The van der Waals surface area contributed by atoms with Crippen molar-refractivity contribution in [2.75, 3.05) is 0 Å². The van der Waals surface area contributed by atoms with Crippen molar-refractivity contribution in [1.82, 2.24) is 0 Å². The first-order valence-corrected chi connectivity index (χ1v) is 18.6. The number of rotatable bonds is 7. The number of amidine groups is 1. The van der Waals surface area contributed by atoms with Crippen molar-refractivity contribution in [2.45, 2.75) is 95.9 Å². The predicted octanol–water partition coefficient (Wildman–Crippen LogP) is 12.6. The summed E-state index contributed by atoms with van der Waals surface area (Å²) in [4.78, 5) is 10.7. The van der Waals surface area contributed by atoms with E-state index in [2.05, 4.69) is 141 Å². The van der Waals surface area contributed by atoms with Crippen molar-refractivity contribution in [3.63, 3.8) is 0 Å². The molecule has 3 aromatic rings. The van der Waals surface area contributed by atoms with Gasteiger partial charge in [-0.1, -0.05) is 147 Å². The largest absolute Gasteiger partial charge is 0.259 e. The molecule has 2 heteroatoms. The number of nitrogens with zero attached hydrogens (tertiary/aromatic N) is 2. The maximum atomic E-state index is 5.39. The number of aliphatic imine (C=N–C) groups is 2. The van der Waals surface area contributed by atoms with Gasteiger partial charge in [-0.2, -0.15) is 0 Å². The first kappa shape index (κ1) is 33.0. The van der Waals surface area contributed by atoms with Crippen LogP contribution in [0.25, 0.3) is 16.3 Å². The van der Waals surface area contributed by atoms with Crippen molar-refractivity contribution in [3.8, 4) is 0 Å². The predicted molar refractivity (Wildman–Crippen MR) is 212 cm³/mol. The SMILES string of the molecule is C/C(=N\C(=N/C(C)C1=CC=C(C2(c3ccc(C4=CCCC=C4)cc3)CCCCC2)C=CC1)C1=CCCCC=C1)c1cccc2ccccc12. The minimum Gasteiger partial charge on any atom is -0.259 e. The third kappa shape index (κ3) is 7.39. The zero-order valence-electron chi connectivity index (χ0n) is 29.4. The van der Waals surface area contributed by atoms with E-state index < -0.39 is 0 Å². The van der Waals surface area contributed by atoms with Crippen LogP contribution in [0.15, 0.2) is 154 Å². The highest BCUT2D eigenvalue weighted by Crippen LogP contribution is 2.46. The van der Waals surface area contributed by atoms with E-state index in [1.54, 1.807) is 0 Å². The van der Waals surface area contributed by atoms with Crippen LogP contribution < -0.4 is 0 Å². The number of hydrogen-bond donors (Lipinski definition) is 0. The molecule has 7 rings (SSSR count). The minimum absolute atomic E-state index is 0.00952. The van der Waals surface area contributed by atoms with Crippen LogP contribution in [-0.2, 0) is 5.41 Å². The van der Waals surface area contributed by atoms with E-state index in [4.69, 9.17) is 9.98 Å². The van der Waals surface area contributed by atoms with E-state index in [0.29, 0.717) is 0 Å². The lowest BCUT2D eigenvalue weighted by Crippen LogP contribution is -2.30. The molecule has 4 aliphatic carbocycles. The fourth-order valence-corrected chi connectivity index (χ4v) is 8.11. The third-order valence-corrected chi connectivity index (χ3v) is 11.0. The lowest BCUT2D eigenvalue weighted by molar-refractivity contribution is 0.345. The zero-order chi connectivity index (χ0) is 33.5. The minimum atomic E-state index is 0.00952. The van der Waals surface area contributed by atoms with Crippen LogP contribution in [0.3, 0.4) is 0 Å².